The van der Waals surface area contributed by atoms with Crippen molar-refractivity contribution in [2.45, 2.75) is 40.2 Å². The van der Waals surface area contributed by atoms with Gasteiger partial charge >= 0.3 is 6.09 Å². The molecule has 0 bridgehead atoms. The summed E-state index contributed by atoms with van der Waals surface area (Å²) in [5.74, 6) is 6.94. The number of carboxylic acid groups (broad SMARTS) is 1. The Morgan fingerprint density at radius 1 is 1.21 bits per heavy atom. The minimum absolute atomic E-state index is 0.270. The minimum Gasteiger partial charge on any atom is -0.465 e. The fraction of sp³-hybridized carbons (Fsp3) is 0.684. The van der Waals surface area contributed by atoms with Crippen molar-refractivity contribution in [1.29, 1.82) is 0 Å². The third kappa shape index (κ3) is 5.16. The number of methoxy groups -OCH3 is 1. The van der Waals surface area contributed by atoms with Crippen LogP contribution in [0.5, 0.6) is 0 Å². The lowest BCUT2D eigenvalue weighted by atomic mass is 10.1. The smallest absolute Gasteiger partial charge is 0.407 e. The van der Waals surface area contributed by atoms with E-state index in [4.69, 9.17) is 19.3 Å². The summed E-state index contributed by atoms with van der Waals surface area (Å²) in [5, 5.41) is 13.9. The fourth-order valence-electron chi connectivity index (χ4n) is 3.23. The largest absolute Gasteiger partial charge is 0.465 e. The number of piperazine rings is 1. The molecule has 9 heteroatoms. The van der Waals surface area contributed by atoms with Crippen molar-refractivity contribution in [2.75, 3.05) is 51.4 Å². The first-order chi connectivity index (χ1) is 13.6. The molecule has 1 aliphatic heterocycles. The van der Waals surface area contributed by atoms with Gasteiger partial charge in [0, 0.05) is 58.5 Å². The molecule has 0 aliphatic carbocycles. The van der Waals surface area contributed by atoms with Gasteiger partial charge in [-0.05, 0) is 20.8 Å². The van der Waals surface area contributed by atoms with Crippen molar-refractivity contribution < 1.29 is 24.1 Å². The summed E-state index contributed by atoms with van der Waals surface area (Å²) in [5.41, 5.74) is 1.63. The molecule has 0 radical (unpaired) electrons. The van der Waals surface area contributed by atoms with E-state index in [1.54, 1.807) is 18.7 Å². The van der Waals surface area contributed by atoms with E-state index in [1.807, 2.05) is 13.8 Å². The molecule has 9 nitrogen and oxygen atoms in total. The molecule has 1 aliphatic rings. The van der Waals surface area contributed by atoms with E-state index in [0.717, 1.165) is 11.4 Å². The molecule has 2 rings (SSSR count). The van der Waals surface area contributed by atoms with E-state index < -0.39 is 12.4 Å². The number of amides is 1. The molecule has 28 heavy (non-hydrogen) atoms. The number of rotatable bonds is 9. The van der Waals surface area contributed by atoms with Crippen LogP contribution in [0.3, 0.4) is 0 Å². The molecule has 0 saturated carbocycles. The summed E-state index contributed by atoms with van der Waals surface area (Å²) < 4.78 is 18.7. The maximum atomic E-state index is 11.2. The minimum atomic E-state index is -0.893. The first-order valence-corrected chi connectivity index (χ1v) is 9.51. The molecule has 1 N–H and O–H groups in total. The Hall–Kier alpha value is -2.28. The van der Waals surface area contributed by atoms with Crippen LogP contribution in [-0.2, 0) is 27.4 Å². The summed E-state index contributed by atoms with van der Waals surface area (Å²) in [6.45, 7) is 8.89. The molecule has 1 fully saturated rings. The number of aromatic nitrogens is 2. The Bertz CT molecular complexity index is 695. The van der Waals surface area contributed by atoms with Gasteiger partial charge in [0.05, 0.1) is 0 Å². The van der Waals surface area contributed by atoms with Crippen LogP contribution in [-0.4, -0.2) is 72.4 Å². The summed E-state index contributed by atoms with van der Waals surface area (Å²) in [7, 11) is 1.61. The van der Waals surface area contributed by atoms with Gasteiger partial charge in [0.15, 0.2) is 0 Å². The zero-order chi connectivity index (χ0) is 20.5. The van der Waals surface area contributed by atoms with Gasteiger partial charge in [-0.1, -0.05) is 5.92 Å². The Morgan fingerprint density at radius 2 is 1.86 bits per heavy atom. The molecule has 0 spiro atoms. The van der Waals surface area contributed by atoms with E-state index >= 15 is 0 Å². The first kappa shape index (κ1) is 22.0. The Kier molecular flexibility index (Phi) is 8.57. The molecule has 156 valence electrons. The zero-order valence-electron chi connectivity index (χ0n) is 17.1. The molecular formula is C19H30N4O5. The number of nitrogens with zero attached hydrogens (tertiary/aromatic N) is 4. The van der Waals surface area contributed by atoms with Crippen LogP contribution in [0.25, 0.3) is 0 Å². The molecule has 1 saturated heterocycles. The molecule has 0 atom stereocenters. The van der Waals surface area contributed by atoms with Crippen LogP contribution in [0, 0.1) is 11.8 Å². The van der Waals surface area contributed by atoms with Gasteiger partial charge in [0.25, 0.3) is 0 Å². The van der Waals surface area contributed by atoms with Crippen LogP contribution in [0.1, 0.15) is 38.3 Å². The number of hydrogen-bond acceptors (Lipinski definition) is 6. The predicted octanol–water partition coefficient (Wildman–Crippen LogP) is 1.92. The quantitative estimate of drug-likeness (QED) is 0.506. The maximum Gasteiger partial charge on any atom is 0.407 e. The van der Waals surface area contributed by atoms with Crippen molar-refractivity contribution in [3.8, 4) is 11.8 Å². The normalized spacial score (nSPS) is 14.3. The summed E-state index contributed by atoms with van der Waals surface area (Å²) in [6, 6.07) is 0. The zero-order valence-corrected chi connectivity index (χ0v) is 17.1. The summed E-state index contributed by atoms with van der Waals surface area (Å²) in [6.07, 6.45) is -0.975. The van der Waals surface area contributed by atoms with Crippen LogP contribution >= 0.6 is 0 Å². The predicted molar refractivity (Wildman–Crippen MR) is 104 cm³/mol. The highest BCUT2D eigenvalue weighted by molar-refractivity contribution is 5.65. The van der Waals surface area contributed by atoms with Gasteiger partial charge in [0.1, 0.15) is 18.2 Å². The van der Waals surface area contributed by atoms with Gasteiger partial charge < -0.3 is 29.1 Å². The third-order valence-electron chi connectivity index (χ3n) is 4.45. The second kappa shape index (κ2) is 10.9. The van der Waals surface area contributed by atoms with Gasteiger partial charge in [-0.2, -0.15) is 5.10 Å². The van der Waals surface area contributed by atoms with E-state index in [-0.39, 0.29) is 6.73 Å². The summed E-state index contributed by atoms with van der Waals surface area (Å²) >= 11 is 0. The van der Waals surface area contributed by atoms with Crippen LogP contribution in [0.2, 0.25) is 0 Å². The Morgan fingerprint density at radius 3 is 2.36 bits per heavy atom. The number of ether oxygens (including phenoxy) is 3. The number of anilines is 1. The highest BCUT2D eigenvalue weighted by Crippen LogP contribution is 2.32. The van der Waals surface area contributed by atoms with Crippen molar-refractivity contribution >= 4 is 11.9 Å². The van der Waals surface area contributed by atoms with E-state index in [2.05, 4.69) is 16.7 Å². The van der Waals surface area contributed by atoms with Crippen molar-refractivity contribution in [3.63, 3.8) is 0 Å². The number of hydrogen-bond donors (Lipinski definition) is 1. The lowest BCUT2D eigenvalue weighted by molar-refractivity contribution is -0.143. The van der Waals surface area contributed by atoms with Crippen molar-refractivity contribution in [2.24, 2.45) is 0 Å². The second-order valence-corrected chi connectivity index (χ2v) is 6.21. The highest BCUT2D eigenvalue weighted by Gasteiger charge is 2.30. The highest BCUT2D eigenvalue weighted by atomic mass is 16.7. The average Bonchev–Trinajstić information content (AvgIpc) is 3.04. The van der Waals surface area contributed by atoms with Crippen LogP contribution < -0.4 is 4.90 Å². The maximum absolute atomic E-state index is 11.2. The third-order valence-corrected chi connectivity index (χ3v) is 4.45. The first-order valence-electron chi connectivity index (χ1n) is 9.51. The monoisotopic (exact) mass is 394 g/mol. The molecule has 0 unspecified atom stereocenters. The number of carbonyl (C=O) groups is 1. The Labute approximate surface area is 166 Å². The van der Waals surface area contributed by atoms with Gasteiger partial charge in [-0.25, -0.2) is 9.48 Å². The molecule has 1 aromatic rings. The molecular weight excluding hydrogens is 364 g/mol. The average molecular weight is 394 g/mol. The molecule has 1 amide bonds. The van der Waals surface area contributed by atoms with Crippen LogP contribution in [0.4, 0.5) is 10.6 Å². The second-order valence-electron chi connectivity index (χ2n) is 6.21. The lowest BCUT2D eigenvalue weighted by Crippen LogP contribution is -2.49. The SMILES string of the molecule is CC#CCc1c(C(OCC)OCC)nn(COC)c1N1CCN(C(=O)O)CC1. The van der Waals surface area contributed by atoms with E-state index in [1.165, 1.54) is 4.90 Å². The molecule has 2 heterocycles. The van der Waals surface area contributed by atoms with Crippen LogP contribution in [0.15, 0.2) is 0 Å². The fourth-order valence-corrected chi connectivity index (χ4v) is 3.23. The van der Waals surface area contributed by atoms with Crippen molar-refractivity contribution in [3.05, 3.63) is 11.3 Å². The Balaban J connectivity index is 2.45. The molecule has 0 aromatic carbocycles. The topological polar surface area (TPSA) is 89.3 Å². The van der Waals surface area contributed by atoms with E-state index in [9.17, 15) is 9.90 Å². The molecule has 1 aromatic heterocycles. The standard InChI is InChI=1S/C19H30N4O5/c1-5-8-9-15-16(18(27-6-2)28-7-3)20-23(14-26-4)17(15)21-10-12-22(13-11-21)19(24)25/h18H,6-7,9-14H2,1-4H3,(H,24,25). The van der Waals surface area contributed by atoms with E-state index in [0.29, 0.717) is 51.5 Å². The van der Waals surface area contributed by atoms with Gasteiger partial charge in [-0.15, -0.1) is 5.92 Å². The lowest BCUT2D eigenvalue weighted by Gasteiger charge is -2.35. The van der Waals surface area contributed by atoms with Gasteiger partial charge in [-0.3, -0.25) is 0 Å². The van der Waals surface area contributed by atoms with Gasteiger partial charge in [0.2, 0.25) is 6.29 Å². The van der Waals surface area contributed by atoms with Crippen molar-refractivity contribution in [1.82, 2.24) is 14.7 Å². The summed E-state index contributed by atoms with van der Waals surface area (Å²) in [4.78, 5) is 14.8.